The number of carbonyl (C=O) groups excluding carboxylic acids is 1. The van der Waals surface area contributed by atoms with Gasteiger partial charge in [0.05, 0.1) is 0 Å². The van der Waals surface area contributed by atoms with E-state index in [1.54, 1.807) is 0 Å². The minimum Gasteiger partial charge on any atom is -0.457 e. The zero-order valence-electron chi connectivity index (χ0n) is 16.6. The van der Waals surface area contributed by atoms with Gasteiger partial charge in [-0.05, 0) is 54.8 Å². The number of hydrogen-bond acceptors (Lipinski definition) is 4. The van der Waals surface area contributed by atoms with E-state index in [1.807, 2.05) is 54.6 Å². The average Bonchev–Trinajstić information content (AvgIpc) is 2.65. The number of halogens is 1. The van der Waals surface area contributed by atoms with E-state index in [1.165, 1.54) is 0 Å². The summed E-state index contributed by atoms with van der Waals surface area (Å²) >= 11 is 0. The number of hydrogen-bond donors (Lipinski definition) is 2. The standard InChI is InChI=1S/C22H29N3O2.ClH/c1-22(2)16-25(14-12-20(22)23)15-13-21(26)24-17-8-10-19(11-9-17)27-18-6-4-3-5-7-18;/h3-11,20H,12-16,23H2,1-2H3,(H,24,26);1H. The Kier molecular flexibility index (Phi) is 7.87. The van der Waals surface area contributed by atoms with Crippen molar-refractivity contribution >= 4 is 24.0 Å². The molecule has 0 saturated carbocycles. The lowest BCUT2D eigenvalue weighted by Gasteiger charge is -2.42. The Morgan fingerprint density at radius 2 is 1.79 bits per heavy atom. The van der Waals surface area contributed by atoms with Crippen molar-refractivity contribution in [3.8, 4) is 11.5 Å². The molecule has 3 rings (SSSR count). The Bertz CT molecular complexity index is 750. The van der Waals surface area contributed by atoms with Crippen LogP contribution in [0.3, 0.4) is 0 Å². The van der Waals surface area contributed by atoms with Gasteiger partial charge in [-0.3, -0.25) is 4.79 Å². The Balaban J connectivity index is 0.00000280. The maximum absolute atomic E-state index is 12.3. The maximum Gasteiger partial charge on any atom is 0.225 e. The minimum atomic E-state index is 0. The second-order valence-electron chi connectivity index (χ2n) is 7.90. The first kappa shape index (κ1) is 22.2. The van der Waals surface area contributed by atoms with E-state index in [4.69, 9.17) is 10.5 Å². The highest BCUT2D eigenvalue weighted by Gasteiger charge is 2.33. The summed E-state index contributed by atoms with van der Waals surface area (Å²) in [5.74, 6) is 1.56. The second-order valence-corrected chi connectivity index (χ2v) is 7.90. The Labute approximate surface area is 173 Å². The molecule has 1 unspecified atom stereocenters. The van der Waals surface area contributed by atoms with Crippen molar-refractivity contribution in [1.82, 2.24) is 4.90 Å². The molecule has 1 fully saturated rings. The number of nitrogens with two attached hydrogens (primary N) is 1. The van der Waals surface area contributed by atoms with Gasteiger partial charge in [-0.1, -0.05) is 32.0 Å². The highest BCUT2D eigenvalue weighted by molar-refractivity contribution is 5.90. The van der Waals surface area contributed by atoms with Crippen LogP contribution >= 0.6 is 12.4 Å². The van der Waals surface area contributed by atoms with Gasteiger partial charge in [0, 0.05) is 31.2 Å². The summed E-state index contributed by atoms with van der Waals surface area (Å²) in [6.45, 7) is 7.06. The van der Waals surface area contributed by atoms with Crippen LogP contribution in [0.25, 0.3) is 0 Å². The van der Waals surface area contributed by atoms with Gasteiger partial charge in [0.15, 0.2) is 0 Å². The van der Waals surface area contributed by atoms with Crippen LogP contribution in [0.1, 0.15) is 26.7 Å². The number of ether oxygens (including phenoxy) is 1. The molecule has 1 heterocycles. The summed E-state index contributed by atoms with van der Waals surface area (Å²) in [4.78, 5) is 14.6. The lowest BCUT2D eigenvalue weighted by atomic mass is 9.80. The number of likely N-dealkylation sites (tertiary alicyclic amines) is 1. The van der Waals surface area contributed by atoms with E-state index in [-0.39, 0.29) is 29.8 Å². The van der Waals surface area contributed by atoms with Crippen LogP contribution in [-0.4, -0.2) is 36.5 Å². The highest BCUT2D eigenvalue weighted by Crippen LogP contribution is 2.27. The third-order valence-corrected chi connectivity index (χ3v) is 5.16. The number of anilines is 1. The van der Waals surface area contributed by atoms with E-state index in [9.17, 15) is 4.79 Å². The molecule has 152 valence electrons. The second kappa shape index (κ2) is 9.92. The Morgan fingerprint density at radius 1 is 1.14 bits per heavy atom. The largest absolute Gasteiger partial charge is 0.457 e. The molecule has 1 saturated heterocycles. The molecule has 0 aromatic heterocycles. The molecular formula is C22H30ClN3O2. The van der Waals surface area contributed by atoms with E-state index in [0.717, 1.165) is 43.2 Å². The average molecular weight is 404 g/mol. The number of amides is 1. The summed E-state index contributed by atoms with van der Waals surface area (Å²) in [6.07, 6.45) is 1.46. The van der Waals surface area contributed by atoms with Gasteiger partial charge < -0.3 is 20.7 Å². The lowest BCUT2D eigenvalue weighted by molar-refractivity contribution is -0.116. The Morgan fingerprint density at radius 3 is 2.43 bits per heavy atom. The van der Waals surface area contributed by atoms with Crippen LogP contribution in [-0.2, 0) is 4.79 Å². The Hall–Kier alpha value is -2.08. The van der Waals surface area contributed by atoms with Crippen molar-refractivity contribution in [3.63, 3.8) is 0 Å². The topological polar surface area (TPSA) is 67.6 Å². The molecule has 28 heavy (non-hydrogen) atoms. The molecule has 0 aliphatic carbocycles. The molecule has 1 aliphatic heterocycles. The fourth-order valence-electron chi connectivity index (χ4n) is 3.39. The molecule has 2 aromatic carbocycles. The van der Waals surface area contributed by atoms with Gasteiger partial charge >= 0.3 is 0 Å². The van der Waals surface area contributed by atoms with E-state index >= 15 is 0 Å². The van der Waals surface area contributed by atoms with Gasteiger partial charge in [-0.25, -0.2) is 0 Å². The number of nitrogens with one attached hydrogen (secondary N) is 1. The predicted octanol–water partition coefficient (Wildman–Crippen LogP) is 4.29. The molecule has 1 atom stereocenters. The van der Waals surface area contributed by atoms with Crippen LogP contribution < -0.4 is 15.8 Å². The predicted molar refractivity (Wildman–Crippen MR) is 116 cm³/mol. The van der Waals surface area contributed by atoms with Crippen LogP contribution in [0.2, 0.25) is 0 Å². The molecule has 1 amide bonds. The SMILES string of the molecule is CC1(C)CN(CCC(=O)Nc2ccc(Oc3ccccc3)cc2)CCC1N.Cl. The quantitative estimate of drug-likeness (QED) is 0.755. The molecule has 1 aliphatic rings. The van der Waals surface area contributed by atoms with Gasteiger partial charge in [0.1, 0.15) is 11.5 Å². The number of nitrogens with zero attached hydrogens (tertiary/aromatic N) is 1. The fourth-order valence-corrected chi connectivity index (χ4v) is 3.39. The normalized spacial score (nSPS) is 18.8. The first-order valence-electron chi connectivity index (χ1n) is 9.53. The van der Waals surface area contributed by atoms with Gasteiger partial charge in [0.25, 0.3) is 0 Å². The molecule has 3 N–H and O–H groups in total. The monoisotopic (exact) mass is 403 g/mol. The van der Waals surface area contributed by atoms with E-state index in [0.29, 0.717) is 6.42 Å². The maximum atomic E-state index is 12.3. The first-order valence-corrected chi connectivity index (χ1v) is 9.53. The van der Waals surface area contributed by atoms with Crippen molar-refractivity contribution in [3.05, 3.63) is 54.6 Å². The van der Waals surface area contributed by atoms with Crippen molar-refractivity contribution in [1.29, 1.82) is 0 Å². The number of benzene rings is 2. The van der Waals surface area contributed by atoms with Crippen molar-refractivity contribution in [2.75, 3.05) is 25.0 Å². The molecule has 0 radical (unpaired) electrons. The summed E-state index contributed by atoms with van der Waals surface area (Å²) in [7, 11) is 0. The van der Waals surface area contributed by atoms with Crippen molar-refractivity contribution < 1.29 is 9.53 Å². The summed E-state index contributed by atoms with van der Waals surface area (Å²) in [5.41, 5.74) is 7.06. The number of rotatable bonds is 6. The smallest absolute Gasteiger partial charge is 0.225 e. The third kappa shape index (κ3) is 6.23. The zero-order valence-corrected chi connectivity index (χ0v) is 17.4. The van der Waals surface area contributed by atoms with E-state index < -0.39 is 0 Å². The van der Waals surface area contributed by atoms with Crippen LogP contribution in [0, 0.1) is 5.41 Å². The summed E-state index contributed by atoms with van der Waals surface area (Å²) < 4.78 is 5.76. The molecule has 6 heteroatoms. The zero-order chi connectivity index (χ0) is 19.3. The number of para-hydroxylation sites is 1. The van der Waals surface area contributed by atoms with Crippen molar-refractivity contribution in [2.24, 2.45) is 11.1 Å². The van der Waals surface area contributed by atoms with Crippen molar-refractivity contribution in [2.45, 2.75) is 32.7 Å². The van der Waals surface area contributed by atoms with Gasteiger partial charge in [-0.2, -0.15) is 0 Å². The van der Waals surface area contributed by atoms with Gasteiger partial charge in [0.2, 0.25) is 5.91 Å². The van der Waals surface area contributed by atoms with E-state index in [2.05, 4.69) is 24.1 Å². The van der Waals surface area contributed by atoms with Crippen LogP contribution in [0.5, 0.6) is 11.5 Å². The molecule has 0 bridgehead atoms. The number of carbonyl (C=O) groups is 1. The van der Waals surface area contributed by atoms with Crippen LogP contribution in [0.4, 0.5) is 5.69 Å². The molecule has 0 spiro atoms. The first-order chi connectivity index (χ1) is 12.9. The summed E-state index contributed by atoms with van der Waals surface area (Å²) in [5, 5.41) is 2.96. The summed E-state index contributed by atoms with van der Waals surface area (Å²) in [6, 6.07) is 17.3. The fraction of sp³-hybridized carbons (Fsp3) is 0.409. The van der Waals surface area contributed by atoms with Crippen LogP contribution in [0.15, 0.2) is 54.6 Å². The molecular weight excluding hydrogens is 374 g/mol. The van der Waals surface area contributed by atoms with Gasteiger partial charge in [-0.15, -0.1) is 12.4 Å². The highest BCUT2D eigenvalue weighted by atomic mass is 35.5. The number of piperidine rings is 1. The molecule has 5 nitrogen and oxygen atoms in total. The lowest BCUT2D eigenvalue weighted by Crippen LogP contribution is -2.52. The third-order valence-electron chi connectivity index (χ3n) is 5.16. The minimum absolute atomic E-state index is 0. The molecule has 2 aromatic rings.